The fourth-order valence-electron chi connectivity index (χ4n) is 3.70. The van der Waals surface area contributed by atoms with Crippen LogP contribution in [0.25, 0.3) is 16.5 Å². The highest BCUT2D eigenvalue weighted by molar-refractivity contribution is 6.05. The summed E-state index contributed by atoms with van der Waals surface area (Å²) in [4.78, 5) is 18.1. The molecule has 0 saturated carbocycles. The van der Waals surface area contributed by atoms with Crippen LogP contribution in [0.4, 0.5) is 5.69 Å². The highest BCUT2D eigenvalue weighted by Gasteiger charge is 2.17. The van der Waals surface area contributed by atoms with E-state index in [0.717, 1.165) is 42.6 Å². The van der Waals surface area contributed by atoms with Crippen molar-refractivity contribution in [1.29, 1.82) is 0 Å². The molecule has 0 fully saturated rings. The fourth-order valence-corrected chi connectivity index (χ4v) is 3.70. The molecule has 1 amide bonds. The maximum atomic E-state index is 12.3. The van der Waals surface area contributed by atoms with Crippen LogP contribution in [0.15, 0.2) is 53.5 Å². The Morgan fingerprint density at radius 1 is 1.33 bits per heavy atom. The van der Waals surface area contributed by atoms with E-state index in [1.165, 1.54) is 23.7 Å². The normalized spacial score (nSPS) is 15.3. The van der Waals surface area contributed by atoms with Crippen molar-refractivity contribution in [1.82, 2.24) is 9.88 Å². The lowest BCUT2D eigenvalue weighted by Crippen LogP contribution is -2.31. The van der Waals surface area contributed by atoms with Gasteiger partial charge in [-0.25, -0.2) is 0 Å². The van der Waals surface area contributed by atoms with Gasteiger partial charge in [-0.1, -0.05) is 19.9 Å². The fraction of sp³-hybridized carbons (Fsp3) is 0.318. The van der Waals surface area contributed by atoms with Crippen LogP contribution >= 0.6 is 0 Å². The lowest BCUT2D eigenvalue weighted by Gasteiger charge is -2.27. The molecular weight excluding hydrogens is 338 g/mol. The lowest BCUT2D eigenvalue weighted by molar-refractivity contribution is 0.102. The van der Waals surface area contributed by atoms with Crippen LogP contribution in [-0.4, -0.2) is 35.4 Å². The van der Waals surface area contributed by atoms with E-state index in [2.05, 4.69) is 41.3 Å². The molecule has 1 aromatic carbocycles. The van der Waals surface area contributed by atoms with Gasteiger partial charge in [-0.3, -0.25) is 9.69 Å². The molecular formula is C22H25N3O2. The first kappa shape index (κ1) is 17.6. The van der Waals surface area contributed by atoms with Crippen molar-refractivity contribution in [3.8, 4) is 0 Å². The van der Waals surface area contributed by atoms with Crippen molar-refractivity contribution in [3.05, 3.63) is 60.2 Å². The molecule has 1 aliphatic heterocycles. The molecule has 0 saturated heterocycles. The molecule has 0 spiro atoms. The average molecular weight is 363 g/mol. The number of aromatic nitrogens is 1. The summed E-state index contributed by atoms with van der Waals surface area (Å²) < 4.78 is 4.98. The number of furan rings is 1. The number of fused-ring (bicyclic) bond motifs is 1. The predicted molar refractivity (Wildman–Crippen MR) is 109 cm³/mol. The van der Waals surface area contributed by atoms with E-state index < -0.39 is 0 Å². The molecule has 2 N–H and O–H groups in total. The number of hydrogen-bond acceptors (Lipinski definition) is 3. The summed E-state index contributed by atoms with van der Waals surface area (Å²) in [5.74, 6) is 0.524. The molecule has 140 valence electrons. The molecule has 0 unspecified atom stereocenters. The largest absolute Gasteiger partial charge is 0.472 e. The SMILES string of the molecule is CC(C)CN1CC=C(c2c[nH]c3ccc(NC(=O)c4ccoc4)cc23)CC1. The number of nitrogens with one attached hydrogen (secondary N) is 2. The van der Waals surface area contributed by atoms with Gasteiger partial charge in [-0.2, -0.15) is 0 Å². The molecule has 0 bridgehead atoms. The summed E-state index contributed by atoms with van der Waals surface area (Å²) in [5.41, 5.74) is 4.99. The van der Waals surface area contributed by atoms with Crippen LogP contribution in [0.2, 0.25) is 0 Å². The smallest absolute Gasteiger partial charge is 0.258 e. The standard InChI is InChI=1S/C22H25N3O2/c1-15(2)13-25-8-5-16(6-9-25)20-12-23-21-4-3-18(11-19(20)21)24-22(26)17-7-10-27-14-17/h3-5,7,10-12,14-15,23H,6,8-9,13H2,1-2H3,(H,24,26). The molecule has 0 aliphatic carbocycles. The van der Waals surface area contributed by atoms with Crippen LogP contribution in [0.1, 0.15) is 36.2 Å². The predicted octanol–water partition coefficient (Wildman–Crippen LogP) is 4.76. The number of nitrogens with zero attached hydrogens (tertiary/aromatic N) is 1. The molecule has 3 aromatic rings. The highest BCUT2D eigenvalue weighted by atomic mass is 16.3. The molecule has 0 radical (unpaired) electrons. The van der Waals surface area contributed by atoms with Crippen molar-refractivity contribution in [2.75, 3.05) is 25.0 Å². The minimum atomic E-state index is -0.165. The van der Waals surface area contributed by atoms with Gasteiger partial charge in [0.2, 0.25) is 0 Å². The van der Waals surface area contributed by atoms with Gasteiger partial charge in [0.1, 0.15) is 6.26 Å². The van der Waals surface area contributed by atoms with Gasteiger partial charge in [-0.15, -0.1) is 0 Å². The molecule has 4 rings (SSSR count). The number of carbonyl (C=O) groups is 1. The van der Waals surface area contributed by atoms with E-state index in [9.17, 15) is 4.79 Å². The van der Waals surface area contributed by atoms with Gasteiger partial charge < -0.3 is 14.7 Å². The van der Waals surface area contributed by atoms with Gasteiger partial charge in [0.05, 0.1) is 11.8 Å². The Hall–Kier alpha value is -2.79. The van der Waals surface area contributed by atoms with E-state index in [4.69, 9.17) is 4.42 Å². The average Bonchev–Trinajstić information content (AvgIpc) is 3.32. The van der Waals surface area contributed by atoms with Crippen molar-refractivity contribution >= 4 is 28.1 Å². The van der Waals surface area contributed by atoms with Gasteiger partial charge in [-0.05, 0) is 42.2 Å². The van der Waals surface area contributed by atoms with E-state index in [1.807, 2.05) is 18.2 Å². The van der Waals surface area contributed by atoms with Crippen LogP contribution in [-0.2, 0) is 0 Å². The van der Waals surface area contributed by atoms with Crippen LogP contribution < -0.4 is 5.32 Å². The molecule has 5 heteroatoms. The van der Waals surface area contributed by atoms with Gasteiger partial charge in [0.25, 0.3) is 5.91 Å². The second kappa shape index (κ2) is 7.45. The van der Waals surface area contributed by atoms with Gasteiger partial charge >= 0.3 is 0 Å². The molecule has 1 aliphatic rings. The number of carbonyl (C=O) groups excluding carboxylic acids is 1. The topological polar surface area (TPSA) is 61.3 Å². The van der Waals surface area contributed by atoms with E-state index in [0.29, 0.717) is 11.5 Å². The number of aromatic amines is 1. The Labute approximate surface area is 159 Å². The minimum Gasteiger partial charge on any atom is -0.472 e. The summed E-state index contributed by atoms with van der Waals surface area (Å²) >= 11 is 0. The van der Waals surface area contributed by atoms with Gasteiger partial charge in [0, 0.05) is 48.0 Å². The monoisotopic (exact) mass is 363 g/mol. The second-order valence-electron chi connectivity index (χ2n) is 7.56. The van der Waals surface area contributed by atoms with E-state index in [-0.39, 0.29) is 5.91 Å². The maximum absolute atomic E-state index is 12.3. The van der Waals surface area contributed by atoms with E-state index >= 15 is 0 Å². The molecule has 27 heavy (non-hydrogen) atoms. The number of anilines is 1. The summed E-state index contributed by atoms with van der Waals surface area (Å²) in [6.45, 7) is 7.75. The lowest BCUT2D eigenvalue weighted by atomic mass is 9.98. The second-order valence-corrected chi connectivity index (χ2v) is 7.56. The van der Waals surface area contributed by atoms with E-state index in [1.54, 1.807) is 6.07 Å². The molecule has 5 nitrogen and oxygen atoms in total. The molecule has 0 atom stereocenters. The zero-order valence-electron chi connectivity index (χ0n) is 15.8. The number of benzene rings is 1. The highest BCUT2D eigenvalue weighted by Crippen LogP contribution is 2.31. The van der Waals surface area contributed by atoms with Crippen molar-refractivity contribution in [3.63, 3.8) is 0 Å². The number of hydrogen-bond donors (Lipinski definition) is 2. The van der Waals surface area contributed by atoms with Crippen molar-refractivity contribution < 1.29 is 9.21 Å². The number of amides is 1. The zero-order chi connectivity index (χ0) is 18.8. The Balaban J connectivity index is 1.56. The number of rotatable bonds is 5. The maximum Gasteiger partial charge on any atom is 0.258 e. The molecule has 2 aromatic heterocycles. The van der Waals surface area contributed by atoms with Crippen LogP contribution in [0.5, 0.6) is 0 Å². The summed E-state index contributed by atoms with van der Waals surface area (Å²) in [5, 5.41) is 4.09. The summed E-state index contributed by atoms with van der Waals surface area (Å²) in [6.07, 6.45) is 8.42. The summed E-state index contributed by atoms with van der Waals surface area (Å²) in [6, 6.07) is 7.63. The molecule has 3 heterocycles. The first-order valence-electron chi connectivity index (χ1n) is 9.46. The van der Waals surface area contributed by atoms with Crippen LogP contribution in [0, 0.1) is 5.92 Å². The first-order chi connectivity index (χ1) is 13.1. The third-order valence-electron chi connectivity index (χ3n) is 4.99. The Bertz CT molecular complexity index is 967. The Morgan fingerprint density at radius 3 is 2.93 bits per heavy atom. The minimum absolute atomic E-state index is 0.165. The van der Waals surface area contributed by atoms with Gasteiger partial charge in [0.15, 0.2) is 0 Å². The zero-order valence-corrected chi connectivity index (χ0v) is 15.8. The first-order valence-corrected chi connectivity index (χ1v) is 9.46. The number of H-pyrrole nitrogens is 1. The summed E-state index contributed by atoms with van der Waals surface area (Å²) in [7, 11) is 0. The quantitative estimate of drug-likeness (QED) is 0.687. The third kappa shape index (κ3) is 3.83. The van der Waals surface area contributed by atoms with Crippen LogP contribution in [0.3, 0.4) is 0 Å². The van der Waals surface area contributed by atoms with Crippen molar-refractivity contribution in [2.45, 2.75) is 20.3 Å². The third-order valence-corrected chi connectivity index (χ3v) is 4.99. The Kier molecular flexibility index (Phi) is 4.86. The Morgan fingerprint density at radius 2 is 2.22 bits per heavy atom. The van der Waals surface area contributed by atoms with Crippen molar-refractivity contribution in [2.24, 2.45) is 5.92 Å².